The van der Waals surface area contributed by atoms with Gasteiger partial charge in [-0.15, -0.1) is 6.58 Å². The zero-order valence-corrected chi connectivity index (χ0v) is 5.53. The van der Waals surface area contributed by atoms with E-state index in [1.54, 1.807) is 6.08 Å². The fourth-order valence-electron chi connectivity index (χ4n) is 0. The van der Waals surface area contributed by atoms with Gasteiger partial charge >= 0.3 is 6.16 Å². The Labute approximate surface area is 54.1 Å². The number of aliphatic hydroxyl groups is 1. The largest absolute Gasteiger partial charge is 0.503 e. The third-order valence-electron chi connectivity index (χ3n) is 0. The van der Waals surface area contributed by atoms with Crippen molar-refractivity contribution in [2.75, 3.05) is 7.11 Å². The molecule has 0 aromatic carbocycles. The van der Waals surface area contributed by atoms with E-state index in [9.17, 15) is 0 Å². The normalized spacial score (nSPS) is 4.78. The van der Waals surface area contributed by atoms with Crippen molar-refractivity contribution >= 4 is 6.16 Å². The maximum atomic E-state index is 8.56. The van der Waals surface area contributed by atoms with Gasteiger partial charge in [0.2, 0.25) is 0 Å². The molecule has 0 heterocycles. The summed E-state index contributed by atoms with van der Waals surface area (Å²) in [5.74, 6) is 0. The molecule has 56 valence electrons. The molecule has 3 N–H and O–H groups in total. The van der Waals surface area contributed by atoms with Crippen LogP contribution in [0, 0.1) is 0 Å². The number of carboxylic acid groups (broad SMARTS) is 2. The van der Waals surface area contributed by atoms with E-state index < -0.39 is 6.16 Å². The molecular formula is C5H12O4. The summed E-state index contributed by atoms with van der Waals surface area (Å²) in [4.78, 5) is 8.56. The van der Waals surface area contributed by atoms with Gasteiger partial charge in [0.15, 0.2) is 0 Å². The van der Waals surface area contributed by atoms with Crippen molar-refractivity contribution < 1.29 is 20.1 Å². The first-order valence-corrected chi connectivity index (χ1v) is 2.08. The van der Waals surface area contributed by atoms with E-state index in [-0.39, 0.29) is 0 Å². The van der Waals surface area contributed by atoms with E-state index in [0.29, 0.717) is 0 Å². The molecule has 0 unspecified atom stereocenters. The average Bonchev–Trinajstić information content (AvgIpc) is 1.71. The summed E-state index contributed by atoms with van der Waals surface area (Å²) < 4.78 is 0. The molecule has 0 aliphatic heterocycles. The molecule has 0 radical (unpaired) electrons. The maximum Gasteiger partial charge on any atom is 0.503 e. The molecule has 0 rings (SSSR count). The predicted molar refractivity (Wildman–Crippen MR) is 34.7 cm³/mol. The van der Waals surface area contributed by atoms with Gasteiger partial charge in [0.25, 0.3) is 0 Å². The maximum absolute atomic E-state index is 8.56. The van der Waals surface area contributed by atoms with Crippen LogP contribution >= 0.6 is 0 Å². The highest BCUT2D eigenvalue weighted by Crippen LogP contribution is 1.42. The highest BCUT2D eigenvalue weighted by atomic mass is 16.6. The number of carbonyl (C=O) groups is 1. The minimum Gasteiger partial charge on any atom is -0.450 e. The molecule has 0 saturated heterocycles. The van der Waals surface area contributed by atoms with Crippen LogP contribution in [0.5, 0.6) is 0 Å². The molecule has 0 aliphatic rings. The van der Waals surface area contributed by atoms with Gasteiger partial charge in [-0.05, 0) is 6.92 Å². The minimum atomic E-state index is -1.83. The Morgan fingerprint density at radius 1 is 1.44 bits per heavy atom. The molecule has 0 atom stereocenters. The topological polar surface area (TPSA) is 77.8 Å². The Balaban J connectivity index is -0.0000000646. The fourth-order valence-corrected chi connectivity index (χ4v) is 0. The quantitative estimate of drug-likeness (QED) is 0.434. The fraction of sp³-hybridized carbons (Fsp3) is 0.400. The standard InChI is InChI=1S/C3H6.CH2O3.CH4O/c1-3-2;2-1(3)4;1-2/h3H,1H2,2H3;(H2,2,3,4);2H,1H3. The van der Waals surface area contributed by atoms with Gasteiger partial charge in [-0.1, -0.05) is 6.08 Å². The third kappa shape index (κ3) is 162. The number of aliphatic hydroxyl groups excluding tert-OH is 1. The molecule has 9 heavy (non-hydrogen) atoms. The number of hydrogen-bond acceptors (Lipinski definition) is 2. The minimum absolute atomic E-state index is 1.00. The molecule has 0 bridgehead atoms. The molecule has 0 spiro atoms. The van der Waals surface area contributed by atoms with Gasteiger partial charge in [0.1, 0.15) is 0 Å². The van der Waals surface area contributed by atoms with Crippen molar-refractivity contribution in [1.82, 2.24) is 0 Å². The second-order valence-corrected chi connectivity index (χ2v) is 0.691. The van der Waals surface area contributed by atoms with Crippen molar-refractivity contribution in [2.24, 2.45) is 0 Å². The van der Waals surface area contributed by atoms with E-state index in [2.05, 4.69) is 6.58 Å². The van der Waals surface area contributed by atoms with Gasteiger partial charge in [-0.2, -0.15) is 0 Å². The first-order chi connectivity index (χ1) is 4.15. The van der Waals surface area contributed by atoms with Crippen molar-refractivity contribution in [3.63, 3.8) is 0 Å². The zero-order valence-electron chi connectivity index (χ0n) is 5.53. The van der Waals surface area contributed by atoms with E-state index in [4.69, 9.17) is 20.1 Å². The van der Waals surface area contributed by atoms with E-state index in [1.165, 1.54) is 0 Å². The Morgan fingerprint density at radius 2 is 1.44 bits per heavy atom. The summed E-state index contributed by atoms with van der Waals surface area (Å²) in [6, 6.07) is 0. The highest BCUT2D eigenvalue weighted by molar-refractivity contribution is 5.53. The summed E-state index contributed by atoms with van der Waals surface area (Å²) in [6.07, 6.45) is -0.0833. The highest BCUT2D eigenvalue weighted by Gasteiger charge is 1.70. The molecule has 4 heteroatoms. The number of rotatable bonds is 0. The second-order valence-electron chi connectivity index (χ2n) is 0.691. The Morgan fingerprint density at radius 3 is 1.44 bits per heavy atom. The van der Waals surface area contributed by atoms with E-state index in [0.717, 1.165) is 7.11 Å². The first kappa shape index (κ1) is 15.7. The summed E-state index contributed by atoms with van der Waals surface area (Å²) in [5.41, 5.74) is 0. The second kappa shape index (κ2) is 28.2. The van der Waals surface area contributed by atoms with E-state index in [1.807, 2.05) is 6.92 Å². The molecular weight excluding hydrogens is 124 g/mol. The van der Waals surface area contributed by atoms with Gasteiger partial charge in [0.05, 0.1) is 0 Å². The number of hydrogen-bond donors (Lipinski definition) is 3. The molecule has 4 nitrogen and oxygen atoms in total. The summed E-state index contributed by atoms with van der Waals surface area (Å²) in [5, 5.41) is 20.9. The SMILES string of the molecule is C=CC.CO.O=C(O)O. The smallest absolute Gasteiger partial charge is 0.450 e. The van der Waals surface area contributed by atoms with Crippen LogP contribution in [0.15, 0.2) is 12.7 Å². The van der Waals surface area contributed by atoms with Crippen LogP contribution in [0.25, 0.3) is 0 Å². The Kier molecular flexibility index (Phi) is 49.0. The lowest BCUT2D eigenvalue weighted by atomic mass is 10.8. The first-order valence-electron chi connectivity index (χ1n) is 2.08. The lowest BCUT2D eigenvalue weighted by molar-refractivity contribution is 0.137. The summed E-state index contributed by atoms with van der Waals surface area (Å²) >= 11 is 0. The molecule has 0 aliphatic carbocycles. The van der Waals surface area contributed by atoms with Crippen LogP contribution in [0.4, 0.5) is 4.79 Å². The van der Waals surface area contributed by atoms with Crippen LogP contribution in [0.2, 0.25) is 0 Å². The lowest BCUT2D eigenvalue weighted by Gasteiger charge is -1.60. The van der Waals surface area contributed by atoms with Crippen molar-refractivity contribution in [3.8, 4) is 0 Å². The molecule has 0 aromatic heterocycles. The zero-order chi connectivity index (χ0) is 8.28. The summed E-state index contributed by atoms with van der Waals surface area (Å²) in [6.45, 7) is 5.25. The van der Waals surface area contributed by atoms with Crippen LogP contribution in [0.1, 0.15) is 6.92 Å². The number of allylic oxidation sites excluding steroid dienone is 1. The molecule has 0 aromatic rings. The summed E-state index contributed by atoms with van der Waals surface area (Å²) in [7, 11) is 1.00. The van der Waals surface area contributed by atoms with Gasteiger partial charge in [-0.3, -0.25) is 0 Å². The predicted octanol–water partition coefficient (Wildman–Crippen LogP) is 1.02. The van der Waals surface area contributed by atoms with Crippen LogP contribution in [0.3, 0.4) is 0 Å². The van der Waals surface area contributed by atoms with Gasteiger partial charge in [-0.25, -0.2) is 4.79 Å². The van der Waals surface area contributed by atoms with E-state index >= 15 is 0 Å². The molecule has 0 fully saturated rings. The Hall–Kier alpha value is -1.03. The van der Waals surface area contributed by atoms with Crippen molar-refractivity contribution in [3.05, 3.63) is 12.7 Å². The van der Waals surface area contributed by atoms with Crippen molar-refractivity contribution in [2.45, 2.75) is 6.92 Å². The molecule has 0 amide bonds. The Bertz CT molecular complexity index is 56.0. The van der Waals surface area contributed by atoms with Gasteiger partial charge < -0.3 is 15.3 Å². The average molecular weight is 136 g/mol. The van der Waals surface area contributed by atoms with Gasteiger partial charge in [0, 0.05) is 7.11 Å². The van der Waals surface area contributed by atoms with Crippen LogP contribution in [-0.2, 0) is 0 Å². The lowest BCUT2D eigenvalue weighted by Crippen LogP contribution is -1.81. The monoisotopic (exact) mass is 136 g/mol. The van der Waals surface area contributed by atoms with Crippen molar-refractivity contribution in [1.29, 1.82) is 0 Å². The van der Waals surface area contributed by atoms with Crippen LogP contribution in [-0.4, -0.2) is 28.6 Å². The molecule has 0 saturated carbocycles. The third-order valence-corrected chi connectivity index (χ3v) is 0. The van der Waals surface area contributed by atoms with Crippen LogP contribution < -0.4 is 0 Å².